The first-order chi connectivity index (χ1) is 6.78. The third-order valence-electron chi connectivity index (χ3n) is 4.39. The minimum Gasteiger partial charge on any atom is -0.390 e. The van der Waals surface area contributed by atoms with E-state index in [4.69, 9.17) is 4.74 Å². The predicted octanol–water partition coefficient (Wildman–Crippen LogP) is 2.35. The molecule has 2 saturated carbocycles. The molecule has 2 aliphatic carbocycles. The zero-order chi connectivity index (χ0) is 10.0. The molecular formula is C12H22O2. The molecule has 2 fully saturated rings. The van der Waals surface area contributed by atoms with Crippen LogP contribution in [0.25, 0.3) is 0 Å². The van der Waals surface area contributed by atoms with Crippen LogP contribution in [0.4, 0.5) is 0 Å². The zero-order valence-electron chi connectivity index (χ0n) is 9.17. The van der Waals surface area contributed by atoms with Crippen LogP contribution in [0.2, 0.25) is 0 Å². The first-order valence-corrected chi connectivity index (χ1v) is 5.95. The molecule has 0 aliphatic heterocycles. The lowest BCUT2D eigenvalue weighted by Crippen LogP contribution is -2.49. The summed E-state index contributed by atoms with van der Waals surface area (Å²) in [6.45, 7) is 0.520. The average Bonchev–Trinajstić information content (AvgIpc) is 2.18. The van der Waals surface area contributed by atoms with Gasteiger partial charge in [0.1, 0.15) is 0 Å². The van der Waals surface area contributed by atoms with Crippen LogP contribution in [-0.4, -0.2) is 24.9 Å². The smallest absolute Gasteiger partial charge is 0.0806 e. The van der Waals surface area contributed by atoms with Crippen LogP contribution in [0.5, 0.6) is 0 Å². The summed E-state index contributed by atoms with van der Waals surface area (Å²) in [7, 11) is 1.68. The first-order valence-electron chi connectivity index (χ1n) is 5.95. The van der Waals surface area contributed by atoms with E-state index in [0.717, 1.165) is 0 Å². The van der Waals surface area contributed by atoms with E-state index in [1.54, 1.807) is 7.11 Å². The van der Waals surface area contributed by atoms with Gasteiger partial charge in [0.05, 0.1) is 12.7 Å². The molecule has 0 heterocycles. The van der Waals surface area contributed by atoms with Crippen molar-refractivity contribution in [3.63, 3.8) is 0 Å². The van der Waals surface area contributed by atoms with Gasteiger partial charge in [0.15, 0.2) is 0 Å². The number of hydrogen-bond donors (Lipinski definition) is 1. The molecule has 2 nitrogen and oxygen atoms in total. The van der Waals surface area contributed by atoms with E-state index in [9.17, 15) is 5.11 Å². The molecule has 2 unspecified atom stereocenters. The molecular weight excluding hydrogens is 176 g/mol. The molecule has 0 aromatic rings. The van der Waals surface area contributed by atoms with Gasteiger partial charge < -0.3 is 9.84 Å². The second-order valence-electron chi connectivity index (χ2n) is 5.09. The fourth-order valence-corrected chi connectivity index (χ4v) is 3.48. The van der Waals surface area contributed by atoms with Crippen molar-refractivity contribution >= 4 is 0 Å². The van der Waals surface area contributed by atoms with E-state index in [2.05, 4.69) is 0 Å². The second-order valence-corrected chi connectivity index (χ2v) is 5.09. The number of aliphatic hydroxyl groups is 1. The summed E-state index contributed by atoms with van der Waals surface area (Å²) in [4.78, 5) is 0. The highest BCUT2D eigenvalue weighted by Crippen LogP contribution is 2.57. The van der Waals surface area contributed by atoms with Crippen molar-refractivity contribution in [3.05, 3.63) is 0 Å². The molecule has 14 heavy (non-hydrogen) atoms. The van der Waals surface area contributed by atoms with Gasteiger partial charge in [-0.15, -0.1) is 0 Å². The Bertz CT molecular complexity index is 185. The monoisotopic (exact) mass is 198 g/mol. The summed E-state index contributed by atoms with van der Waals surface area (Å²) in [5.41, 5.74) is 0.510. The first kappa shape index (κ1) is 10.4. The number of hydrogen-bond acceptors (Lipinski definition) is 2. The Morgan fingerprint density at radius 3 is 2.50 bits per heavy atom. The topological polar surface area (TPSA) is 29.5 Å². The molecule has 82 valence electrons. The van der Waals surface area contributed by atoms with E-state index in [1.807, 2.05) is 0 Å². The minimum absolute atomic E-state index is 0.216. The van der Waals surface area contributed by atoms with Gasteiger partial charge in [0, 0.05) is 7.11 Å². The molecule has 0 amide bonds. The SMILES string of the molecule is COCC(O)C1CCC12CCCCC2. The molecule has 2 aliphatic rings. The van der Waals surface area contributed by atoms with Crippen LogP contribution >= 0.6 is 0 Å². The Morgan fingerprint density at radius 1 is 1.29 bits per heavy atom. The maximum atomic E-state index is 9.96. The van der Waals surface area contributed by atoms with Crippen LogP contribution in [0.1, 0.15) is 44.9 Å². The molecule has 0 aromatic heterocycles. The minimum atomic E-state index is -0.216. The fraction of sp³-hybridized carbons (Fsp3) is 1.00. The maximum absolute atomic E-state index is 9.96. The molecule has 2 rings (SSSR count). The van der Waals surface area contributed by atoms with Gasteiger partial charge in [-0.05, 0) is 37.0 Å². The van der Waals surface area contributed by atoms with Crippen molar-refractivity contribution in [2.75, 3.05) is 13.7 Å². The van der Waals surface area contributed by atoms with Gasteiger partial charge in [-0.2, -0.15) is 0 Å². The standard InChI is InChI=1S/C12H22O2/c1-14-9-11(13)10-5-8-12(10)6-3-2-4-7-12/h10-11,13H,2-9H2,1H3. The van der Waals surface area contributed by atoms with Crippen LogP contribution in [0, 0.1) is 11.3 Å². The Kier molecular flexibility index (Phi) is 3.13. The van der Waals surface area contributed by atoms with E-state index in [1.165, 1.54) is 44.9 Å². The third kappa shape index (κ3) is 1.70. The van der Waals surface area contributed by atoms with E-state index >= 15 is 0 Å². The molecule has 1 N–H and O–H groups in total. The molecule has 0 saturated heterocycles. The second kappa shape index (κ2) is 4.19. The highest BCUT2D eigenvalue weighted by atomic mass is 16.5. The lowest BCUT2D eigenvalue weighted by molar-refractivity contribution is -0.104. The van der Waals surface area contributed by atoms with Crippen molar-refractivity contribution in [2.45, 2.75) is 51.0 Å². The average molecular weight is 198 g/mol. The lowest BCUT2D eigenvalue weighted by atomic mass is 9.52. The molecule has 0 radical (unpaired) electrons. The normalized spacial score (nSPS) is 32.6. The summed E-state index contributed by atoms with van der Waals surface area (Å²) < 4.78 is 5.04. The van der Waals surface area contributed by atoms with E-state index in [0.29, 0.717) is 17.9 Å². The summed E-state index contributed by atoms with van der Waals surface area (Å²) >= 11 is 0. The predicted molar refractivity (Wildman–Crippen MR) is 56.1 cm³/mol. The summed E-state index contributed by atoms with van der Waals surface area (Å²) in [5.74, 6) is 0.530. The summed E-state index contributed by atoms with van der Waals surface area (Å²) in [5, 5.41) is 9.96. The summed E-state index contributed by atoms with van der Waals surface area (Å²) in [6.07, 6.45) is 9.17. The van der Waals surface area contributed by atoms with Crippen molar-refractivity contribution < 1.29 is 9.84 Å². The van der Waals surface area contributed by atoms with Crippen LogP contribution in [0.15, 0.2) is 0 Å². The Morgan fingerprint density at radius 2 is 2.00 bits per heavy atom. The lowest BCUT2D eigenvalue weighted by Gasteiger charge is -2.54. The molecule has 1 spiro atoms. The van der Waals surface area contributed by atoms with Crippen molar-refractivity contribution in [3.8, 4) is 0 Å². The van der Waals surface area contributed by atoms with Crippen LogP contribution < -0.4 is 0 Å². The largest absolute Gasteiger partial charge is 0.390 e. The zero-order valence-corrected chi connectivity index (χ0v) is 9.17. The van der Waals surface area contributed by atoms with Gasteiger partial charge >= 0.3 is 0 Å². The quantitative estimate of drug-likeness (QED) is 0.754. The molecule has 2 heteroatoms. The van der Waals surface area contributed by atoms with Gasteiger partial charge in [0.2, 0.25) is 0 Å². The number of aliphatic hydroxyl groups excluding tert-OH is 1. The molecule has 0 bridgehead atoms. The van der Waals surface area contributed by atoms with Gasteiger partial charge in [0.25, 0.3) is 0 Å². The van der Waals surface area contributed by atoms with E-state index in [-0.39, 0.29) is 6.10 Å². The Balaban J connectivity index is 1.93. The van der Waals surface area contributed by atoms with Crippen molar-refractivity contribution in [1.82, 2.24) is 0 Å². The van der Waals surface area contributed by atoms with Gasteiger partial charge in [-0.25, -0.2) is 0 Å². The van der Waals surface area contributed by atoms with Crippen molar-refractivity contribution in [1.29, 1.82) is 0 Å². The third-order valence-corrected chi connectivity index (χ3v) is 4.39. The van der Waals surface area contributed by atoms with Crippen LogP contribution in [-0.2, 0) is 4.74 Å². The highest BCUT2D eigenvalue weighted by Gasteiger charge is 2.49. The highest BCUT2D eigenvalue weighted by molar-refractivity contribution is 4.99. The number of ether oxygens (including phenoxy) is 1. The maximum Gasteiger partial charge on any atom is 0.0806 e. The molecule has 0 aromatic carbocycles. The van der Waals surface area contributed by atoms with E-state index < -0.39 is 0 Å². The van der Waals surface area contributed by atoms with Gasteiger partial charge in [-0.3, -0.25) is 0 Å². The van der Waals surface area contributed by atoms with Crippen molar-refractivity contribution in [2.24, 2.45) is 11.3 Å². The fourth-order valence-electron chi connectivity index (χ4n) is 3.48. The molecule has 2 atom stereocenters. The Hall–Kier alpha value is -0.0800. The van der Waals surface area contributed by atoms with Gasteiger partial charge in [-0.1, -0.05) is 19.3 Å². The number of methoxy groups -OCH3 is 1. The Labute approximate surface area is 86.6 Å². The summed E-state index contributed by atoms with van der Waals surface area (Å²) in [6, 6.07) is 0. The van der Waals surface area contributed by atoms with Crippen LogP contribution in [0.3, 0.4) is 0 Å². The number of rotatable bonds is 3.